The van der Waals surface area contributed by atoms with Gasteiger partial charge in [0, 0.05) is 29.9 Å². The second-order valence-corrected chi connectivity index (χ2v) is 4.85. The highest BCUT2D eigenvalue weighted by molar-refractivity contribution is 5.27. The lowest BCUT2D eigenvalue weighted by molar-refractivity contribution is 0.424. The zero-order valence-electron chi connectivity index (χ0n) is 12.0. The molecule has 0 saturated heterocycles. The van der Waals surface area contributed by atoms with Crippen LogP contribution < -0.4 is 5.32 Å². The second-order valence-electron chi connectivity index (χ2n) is 4.85. The van der Waals surface area contributed by atoms with E-state index < -0.39 is 23.5 Å². The van der Waals surface area contributed by atoms with Gasteiger partial charge in [-0.05, 0) is 31.2 Å². The Labute approximate surface area is 122 Å². The van der Waals surface area contributed by atoms with E-state index in [2.05, 4.69) is 10.3 Å². The average molecular weight is 294 g/mol. The molecule has 2 nitrogen and oxygen atoms in total. The van der Waals surface area contributed by atoms with Gasteiger partial charge in [0.1, 0.15) is 0 Å². The Hall–Kier alpha value is -1.88. The summed E-state index contributed by atoms with van der Waals surface area (Å²) in [5.41, 5.74) is 1.89. The topological polar surface area (TPSA) is 24.9 Å². The molecule has 1 aromatic carbocycles. The average Bonchev–Trinajstić information content (AvgIpc) is 2.47. The minimum atomic E-state index is -1.44. The van der Waals surface area contributed by atoms with Gasteiger partial charge in [-0.2, -0.15) is 0 Å². The molecule has 0 radical (unpaired) electrons. The number of likely N-dealkylation sites (N-methyl/N-ethyl adjacent to an activating group) is 1. The fourth-order valence-electron chi connectivity index (χ4n) is 2.27. The number of nitrogens with one attached hydrogen (secondary N) is 1. The van der Waals surface area contributed by atoms with Crippen LogP contribution >= 0.6 is 0 Å². The van der Waals surface area contributed by atoms with E-state index in [-0.39, 0.29) is 5.56 Å². The minimum absolute atomic E-state index is 0.112. The number of benzene rings is 1. The predicted molar refractivity (Wildman–Crippen MR) is 75.4 cm³/mol. The maximum atomic E-state index is 14.0. The van der Waals surface area contributed by atoms with Crippen molar-refractivity contribution in [1.82, 2.24) is 10.3 Å². The second kappa shape index (κ2) is 6.72. The highest BCUT2D eigenvalue weighted by Crippen LogP contribution is 2.24. The summed E-state index contributed by atoms with van der Waals surface area (Å²) >= 11 is 0. The molecule has 1 N–H and O–H groups in total. The van der Waals surface area contributed by atoms with Crippen molar-refractivity contribution in [2.45, 2.75) is 26.3 Å². The molecule has 21 heavy (non-hydrogen) atoms. The summed E-state index contributed by atoms with van der Waals surface area (Å²) in [4.78, 5) is 4.27. The quantitative estimate of drug-likeness (QED) is 0.851. The molecule has 112 valence electrons. The summed E-state index contributed by atoms with van der Waals surface area (Å²) in [7, 11) is 0. The van der Waals surface area contributed by atoms with Gasteiger partial charge in [-0.25, -0.2) is 13.2 Å². The Kier molecular flexibility index (Phi) is 4.96. The molecule has 0 fully saturated rings. The molecule has 0 aliphatic rings. The van der Waals surface area contributed by atoms with Crippen LogP contribution in [0.15, 0.2) is 30.5 Å². The van der Waals surface area contributed by atoms with E-state index in [1.54, 1.807) is 6.20 Å². The summed E-state index contributed by atoms with van der Waals surface area (Å²) in [5, 5.41) is 3.09. The first-order valence-electron chi connectivity index (χ1n) is 6.81. The lowest BCUT2D eigenvalue weighted by atomic mass is 9.98. The number of nitrogens with zero attached hydrogens (tertiary/aromatic N) is 1. The SMILES string of the molecule is CCNC(Cc1ncccc1C)c1ccc(F)c(F)c1F. The molecule has 0 bridgehead atoms. The molecule has 0 spiro atoms. The van der Waals surface area contributed by atoms with Gasteiger partial charge >= 0.3 is 0 Å². The molecule has 1 unspecified atom stereocenters. The minimum Gasteiger partial charge on any atom is -0.310 e. The summed E-state index contributed by atoms with van der Waals surface area (Å²) in [6, 6.07) is 5.49. The highest BCUT2D eigenvalue weighted by Gasteiger charge is 2.21. The molecule has 0 aliphatic carbocycles. The molecule has 0 amide bonds. The molecular weight excluding hydrogens is 277 g/mol. The van der Waals surface area contributed by atoms with Crippen LogP contribution in [-0.2, 0) is 6.42 Å². The van der Waals surface area contributed by atoms with Crippen molar-refractivity contribution < 1.29 is 13.2 Å². The van der Waals surface area contributed by atoms with E-state index in [4.69, 9.17) is 0 Å². The molecule has 5 heteroatoms. The lowest BCUT2D eigenvalue weighted by Crippen LogP contribution is -2.25. The number of halogens is 3. The molecule has 1 aromatic heterocycles. The van der Waals surface area contributed by atoms with E-state index in [0.717, 1.165) is 17.3 Å². The first kappa shape index (κ1) is 15.5. The van der Waals surface area contributed by atoms with Crippen molar-refractivity contribution in [2.75, 3.05) is 6.54 Å². The van der Waals surface area contributed by atoms with Gasteiger partial charge in [-0.1, -0.05) is 19.1 Å². The van der Waals surface area contributed by atoms with E-state index in [9.17, 15) is 13.2 Å². The molecule has 2 aromatic rings. The van der Waals surface area contributed by atoms with Crippen LogP contribution in [-0.4, -0.2) is 11.5 Å². The Morgan fingerprint density at radius 2 is 1.90 bits per heavy atom. The number of rotatable bonds is 5. The monoisotopic (exact) mass is 294 g/mol. The van der Waals surface area contributed by atoms with Crippen molar-refractivity contribution in [3.8, 4) is 0 Å². The summed E-state index contributed by atoms with van der Waals surface area (Å²) in [6.45, 7) is 4.36. The third-order valence-corrected chi connectivity index (χ3v) is 3.41. The van der Waals surface area contributed by atoms with E-state index >= 15 is 0 Å². The Bertz CT molecular complexity index is 629. The number of hydrogen-bond donors (Lipinski definition) is 1. The number of aryl methyl sites for hydroxylation is 1. The Morgan fingerprint density at radius 1 is 1.14 bits per heavy atom. The number of pyridine rings is 1. The molecular formula is C16H17F3N2. The molecule has 1 atom stereocenters. The number of hydrogen-bond acceptors (Lipinski definition) is 2. The standard InChI is InChI=1S/C16H17F3N2/c1-3-20-14(9-13-10(2)5-4-8-21-13)11-6-7-12(17)16(19)15(11)18/h4-8,14,20H,3,9H2,1-2H3. The van der Waals surface area contributed by atoms with Gasteiger partial charge in [0.05, 0.1) is 0 Å². The first-order chi connectivity index (χ1) is 10.0. The summed E-state index contributed by atoms with van der Waals surface area (Å²) in [6.07, 6.45) is 2.06. The van der Waals surface area contributed by atoms with Gasteiger partial charge in [-0.15, -0.1) is 0 Å². The van der Waals surface area contributed by atoms with Crippen LogP contribution in [0.3, 0.4) is 0 Å². The summed E-state index contributed by atoms with van der Waals surface area (Å²) < 4.78 is 40.4. The van der Waals surface area contributed by atoms with E-state index in [1.165, 1.54) is 6.07 Å². The highest BCUT2D eigenvalue weighted by atomic mass is 19.2. The van der Waals surface area contributed by atoms with E-state index in [1.807, 2.05) is 26.0 Å². The van der Waals surface area contributed by atoms with Crippen LogP contribution in [0.2, 0.25) is 0 Å². The van der Waals surface area contributed by atoms with Gasteiger partial charge in [0.15, 0.2) is 17.5 Å². The molecule has 0 saturated carbocycles. The maximum absolute atomic E-state index is 14.0. The van der Waals surface area contributed by atoms with Gasteiger partial charge in [0.2, 0.25) is 0 Å². The molecule has 1 heterocycles. The van der Waals surface area contributed by atoms with Crippen molar-refractivity contribution in [3.05, 3.63) is 64.7 Å². The lowest BCUT2D eigenvalue weighted by Gasteiger charge is -2.20. The normalized spacial score (nSPS) is 12.4. The smallest absolute Gasteiger partial charge is 0.194 e. The summed E-state index contributed by atoms with van der Waals surface area (Å²) in [5.74, 6) is -3.76. The maximum Gasteiger partial charge on any atom is 0.194 e. The van der Waals surface area contributed by atoms with E-state index in [0.29, 0.717) is 13.0 Å². The van der Waals surface area contributed by atoms with Crippen LogP contribution in [0.4, 0.5) is 13.2 Å². The van der Waals surface area contributed by atoms with Crippen LogP contribution in [0, 0.1) is 24.4 Å². The zero-order chi connectivity index (χ0) is 15.4. The third kappa shape index (κ3) is 3.42. The largest absolute Gasteiger partial charge is 0.310 e. The van der Waals surface area contributed by atoms with Crippen LogP contribution in [0.5, 0.6) is 0 Å². The van der Waals surface area contributed by atoms with Crippen molar-refractivity contribution in [3.63, 3.8) is 0 Å². The van der Waals surface area contributed by atoms with Crippen molar-refractivity contribution in [1.29, 1.82) is 0 Å². The van der Waals surface area contributed by atoms with Crippen molar-refractivity contribution >= 4 is 0 Å². The zero-order valence-corrected chi connectivity index (χ0v) is 12.0. The van der Waals surface area contributed by atoms with Crippen LogP contribution in [0.25, 0.3) is 0 Å². The number of aromatic nitrogens is 1. The van der Waals surface area contributed by atoms with Gasteiger partial charge in [-0.3, -0.25) is 4.98 Å². The van der Waals surface area contributed by atoms with Gasteiger partial charge in [0.25, 0.3) is 0 Å². The first-order valence-corrected chi connectivity index (χ1v) is 6.81. The van der Waals surface area contributed by atoms with Crippen molar-refractivity contribution in [2.24, 2.45) is 0 Å². The third-order valence-electron chi connectivity index (χ3n) is 3.41. The molecule has 0 aliphatic heterocycles. The fraction of sp³-hybridized carbons (Fsp3) is 0.312. The van der Waals surface area contributed by atoms with Crippen LogP contribution in [0.1, 0.15) is 29.8 Å². The fourth-order valence-corrected chi connectivity index (χ4v) is 2.27. The Balaban J connectivity index is 2.36. The molecule has 2 rings (SSSR count). The Morgan fingerprint density at radius 3 is 2.57 bits per heavy atom. The predicted octanol–water partition coefficient (Wildman–Crippen LogP) is 3.70. The van der Waals surface area contributed by atoms with Gasteiger partial charge < -0.3 is 5.32 Å².